The third kappa shape index (κ3) is 2.24. The van der Waals surface area contributed by atoms with Gasteiger partial charge in [0.2, 0.25) is 0 Å². The van der Waals surface area contributed by atoms with E-state index in [1.807, 2.05) is 0 Å². The first kappa shape index (κ1) is 10.1. The Morgan fingerprint density at radius 3 is 2.23 bits per heavy atom. The van der Waals surface area contributed by atoms with Gasteiger partial charge < -0.3 is 0 Å². The van der Waals surface area contributed by atoms with Gasteiger partial charge in [-0.3, -0.25) is 4.79 Å². The van der Waals surface area contributed by atoms with Gasteiger partial charge in [0.05, 0.1) is 0 Å². The molecule has 0 spiro atoms. The molecule has 0 atom stereocenters. The number of carbonyl (C=O) groups is 1. The average molecular weight is 206 g/mol. The average Bonchev–Trinajstić information content (AvgIpc) is 2.02. The van der Waals surface area contributed by atoms with E-state index in [1.54, 1.807) is 0 Å². The van der Waals surface area contributed by atoms with Gasteiger partial charge >= 0.3 is 6.18 Å². The predicted molar refractivity (Wildman–Crippen MR) is 44.1 cm³/mol. The van der Waals surface area contributed by atoms with Crippen molar-refractivity contribution >= 4 is 18.4 Å². The van der Waals surface area contributed by atoms with E-state index in [0.29, 0.717) is 0 Å². The molecule has 1 aromatic rings. The van der Waals surface area contributed by atoms with E-state index in [0.717, 1.165) is 6.07 Å². The first-order valence-electron chi connectivity index (χ1n) is 3.32. The molecule has 1 aromatic carbocycles. The summed E-state index contributed by atoms with van der Waals surface area (Å²) >= 11 is 3.75. The van der Waals surface area contributed by atoms with Gasteiger partial charge in [-0.1, -0.05) is 12.1 Å². The zero-order chi connectivity index (χ0) is 10.1. The standard InChI is InChI=1S/C8H5F3OS/c9-8(10,11)7(12)5-3-1-2-4-6(5)13/h1-4,13H. The molecule has 13 heavy (non-hydrogen) atoms. The zero-order valence-corrected chi connectivity index (χ0v) is 7.19. The molecule has 0 saturated heterocycles. The lowest BCUT2D eigenvalue weighted by molar-refractivity contribution is -0.0887. The smallest absolute Gasteiger partial charge is 0.284 e. The SMILES string of the molecule is O=C(c1ccccc1S)C(F)(F)F. The number of alkyl halides is 3. The van der Waals surface area contributed by atoms with E-state index in [1.165, 1.54) is 18.2 Å². The highest BCUT2D eigenvalue weighted by molar-refractivity contribution is 7.80. The molecule has 1 rings (SSSR count). The number of Topliss-reactive ketones (excluding diaryl/α,β-unsaturated/α-hetero) is 1. The summed E-state index contributed by atoms with van der Waals surface area (Å²) < 4.78 is 35.8. The normalized spacial score (nSPS) is 11.4. The van der Waals surface area contributed by atoms with E-state index >= 15 is 0 Å². The van der Waals surface area contributed by atoms with Crippen molar-refractivity contribution in [2.24, 2.45) is 0 Å². The van der Waals surface area contributed by atoms with Crippen LogP contribution >= 0.6 is 12.6 Å². The van der Waals surface area contributed by atoms with Crippen molar-refractivity contribution < 1.29 is 18.0 Å². The van der Waals surface area contributed by atoms with Gasteiger partial charge in [-0.15, -0.1) is 12.6 Å². The van der Waals surface area contributed by atoms with Crippen LogP contribution in [0.1, 0.15) is 10.4 Å². The number of benzene rings is 1. The van der Waals surface area contributed by atoms with Crippen LogP contribution < -0.4 is 0 Å². The lowest BCUT2D eigenvalue weighted by Crippen LogP contribution is -2.23. The first-order chi connectivity index (χ1) is 5.93. The van der Waals surface area contributed by atoms with Gasteiger partial charge in [-0.05, 0) is 12.1 Å². The predicted octanol–water partition coefficient (Wildman–Crippen LogP) is 2.72. The zero-order valence-electron chi connectivity index (χ0n) is 6.30. The van der Waals surface area contributed by atoms with Crippen LogP contribution in [0.2, 0.25) is 0 Å². The van der Waals surface area contributed by atoms with Gasteiger partial charge in [-0.2, -0.15) is 13.2 Å². The van der Waals surface area contributed by atoms with Crippen LogP contribution in [0.15, 0.2) is 29.2 Å². The van der Waals surface area contributed by atoms with E-state index in [-0.39, 0.29) is 4.90 Å². The second kappa shape index (κ2) is 3.41. The number of rotatable bonds is 1. The highest BCUT2D eigenvalue weighted by atomic mass is 32.1. The molecule has 0 amide bonds. The molecule has 0 aliphatic carbocycles. The summed E-state index contributed by atoms with van der Waals surface area (Å²) in [5, 5.41) is 0. The Kier molecular flexibility index (Phi) is 2.66. The molecule has 70 valence electrons. The van der Waals surface area contributed by atoms with E-state index in [2.05, 4.69) is 12.6 Å². The summed E-state index contributed by atoms with van der Waals surface area (Å²) in [6.07, 6.45) is -4.83. The quantitative estimate of drug-likeness (QED) is 0.552. The summed E-state index contributed by atoms with van der Waals surface area (Å²) in [5.41, 5.74) is -0.418. The maximum absolute atomic E-state index is 11.9. The largest absolute Gasteiger partial charge is 0.454 e. The van der Waals surface area contributed by atoms with Gasteiger partial charge in [-0.25, -0.2) is 0 Å². The highest BCUT2D eigenvalue weighted by Gasteiger charge is 2.39. The molecular formula is C8H5F3OS. The fourth-order valence-electron chi connectivity index (χ4n) is 0.818. The van der Waals surface area contributed by atoms with Crippen LogP contribution in [0.4, 0.5) is 13.2 Å². The van der Waals surface area contributed by atoms with Crippen molar-refractivity contribution in [2.45, 2.75) is 11.1 Å². The molecule has 0 aliphatic rings. The molecule has 0 radical (unpaired) electrons. The summed E-state index contributed by atoms with van der Waals surface area (Å²) in [6.45, 7) is 0. The molecule has 0 fully saturated rings. The van der Waals surface area contributed by atoms with Crippen molar-refractivity contribution in [2.75, 3.05) is 0 Å². The lowest BCUT2D eigenvalue weighted by Gasteiger charge is -2.06. The van der Waals surface area contributed by atoms with Crippen molar-refractivity contribution in [3.05, 3.63) is 29.8 Å². The highest BCUT2D eigenvalue weighted by Crippen LogP contribution is 2.24. The van der Waals surface area contributed by atoms with Gasteiger partial charge in [0.15, 0.2) is 0 Å². The lowest BCUT2D eigenvalue weighted by atomic mass is 10.1. The maximum atomic E-state index is 11.9. The topological polar surface area (TPSA) is 17.1 Å². The number of hydrogen-bond donors (Lipinski definition) is 1. The van der Waals surface area contributed by atoms with E-state index < -0.39 is 17.5 Å². The fraction of sp³-hybridized carbons (Fsp3) is 0.125. The molecule has 0 aromatic heterocycles. The maximum Gasteiger partial charge on any atom is 0.454 e. The fourth-order valence-corrected chi connectivity index (χ4v) is 1.08. The van der Waals surface area contributed by atoms with Gasteiger partial charge in [0.25, 0.3) is 5.78 Å². The molecule has 0 heterocycles. The first-order valence-corrected chi connectivity index (χ1v) is 3.77. The Labute approximate surface area is 78.0 Å². The van der Waals surface area contributed by atoms with Crippen LogP contribution in [0.5, 0.6) is 0 Å². The number of ketones is 1. The molecule has 1 nitrogen and oxygen atoms in total. The van der Waals surface area contributed by atoms with Crippen molar-refractivity contribution in [1.29, 1.82) is 0 Å². The number of thiol groups is 1. The van der Waals surface area contributed by atoms with Crippen LogP contribution in [0.25, 0.3) is 0 Å². The Morgan fingerprint density at radius 1 is 1.23 bits per heavy atom. The summed E-state index contributed by atoms with van der Waals surface area (Å²) in [4.78, 5) is 10.7. The van der Waals surface area contributed by atoms with E-state index in [4.69, 9.17) is 0 Å². The van der Waals surface area contributed by atoms with Crippen molar-refractivity contribution in [1.82, 2.24) is 0 Å². The molecule has 5 heteroatoms. The summed E-state index contributed by atoms with van der Waals surface area (Å²) in [7, 11) is 0. The Bertz CT molecular complexity index is 332. The minimum absolute atomic E-state index is 0.0322. The third-order valence-electron chi connectivity index (χ3n) is 1.41. The van der Waals surface area contributed by atoms with Gasteiger partial charge in [0.1, 0.15) is 0 Å². The third-order valence-corrected chi connectivity index (χ3v) is 1.80. The van der Waals surface area contributed by atoms with Crippen LogP contribution in [-0.2, 0) is 0 Å². The number of hydrogen-bond acceptors (Lipinski definition) is 2. The molecule has 0 bridgehead atoms. The molecule has 0 N–H and O–H groups in total. The Morgan fingerprint density at radius 2 is 1.77 bits per heavy atom. The van der Waals surface area contributed by atoms with Crippen LogP contribution in [0, 0.1) is 0 Å². The second-order valence-corrected chi connectivity index (χ2v) is 2.83. The monoisotopic (exact) mass is 206 g/mol. The van der Waals surface area contributed by atoms with Gasteiger partial charge in [0, 0.05) is 10.5 Å². The van der Waals surface area contributed by atoms with Crippen molar-refractivity contribution in [3.63, 3.8) is 0 Å². The summed E-state index contributed by atoms with van der Waals surface area (Å²) in [6, 6.07) is 5.30. The van der Waals surface area contributed by atoms with E-state index in [9.17, 15) is 18.0 Å². The minimum atomic E-state index is -4.83. The molecule has 0 unspecified atom stereocenters. The van der Waals surface area contributed by atoms with Crippen molar-refractivity contribution in [3.8, 4) is 0 Å². The Balaban J connectivity index is 3.10. The number of halogens is 3. The molecule has 0 aliphatic heterocycles. The minimum Gasteiger partial charge on any atom is -0.284 e. The number of carbonyl (C=O) groups excluding carboxylic acids is 1. The van der Waals surface area contributed by atoms with Crippen LogP contribution in [-0.4, -0.2) is 12.0 Å². The second-order valence-electron chi connectivity index (χ2n) is 2.34. The summed E-state index contributed by atoms with van der Waals surface area (Å²) in [5.74, 6) is -1.86. The molecular weight excluding hydrogens is 201 g/mol. The van der Waals surface area contributed by atoms with Crippen LogP contribution in [0.3, 0.4) is 0 Å². The molecule has 0 saturated carbocycles. The Hall–Kier alpha value is -0.970.